The second-order valence-electron chi connectivity index (χ2n) is 2.83. The third-order valence-corrected chi connectivity index (χ3v) is 3.70. The van der Waals surface area contributed by atoms with Gasteiger partial charge >= 0.3 is 0 Å². The van der Waals surface area contributed by atoms with E-state index in [2.05, 4.69) is 31.9 Å². The van der Waals surface area contributed by atoms with Gasteiger partial charge in [0, 0.05) is 4.48 Å². The summed E-state index contributed by atoms with van der Waals surface area (Å²) in [5, 5.41) is 0. The second kappa shape index (κ2) is 4.13. The zero-order valence-electron chi connectivity index (χ0n) is 7.26. The predicted octanol–water partition coefficient (Wildman–Crippen LogP) is 1.58. The minimum absolute atomic E-state index is 0.124. The van der Waals surface area contributed by atoms with E-state index in [1.54, 1.807) is 6.08 Å². The van der Waals surface area contributed by atoms with E-state index in [0.29, 0.717) is 6.61 Å². The van der Waals surface area contributed by atoms with Gasteiger partial charge in [0.25, 0.3) is 0 Å². The molecule has 0 heterocycles. The molecule has 1 aliphatic rings. The SMILES string of the molecule is CCOC1=CC(Br)C(N)(N)C(Br)=C1. The van der Waals surface area contributed by atoms with Gasteiger partial charge in [0.2, 0.25) is 0 Å². The van der Waals surface area contributed by atoms with Crippen molar-refractivity contribution in [3.05, 3.63) is 22.4 Å². The van der Waals surface area contributed by atoms with Gasteiger partial charge in [-0.05, 0) is 19.1 Å². The van der Waals surface area contributed by atoms with Crippen LogP contribution in [0.15, 0.2) is 22.4 Å². The third-order valence-electron chi connectivity index (χ3n) is 1.76. The largest absolute Gasteiger partial charge is 0.494 e. The van der Waals surface area contributed by atoms with Crippen LogP contribution in [0.2, 0.25) is 0 Å². The summed E-state index contributed by atoms with van der Waals surface area (Å²) in [7, 11) is 0. The van der Waals surface area contributed by atoms with Crippen molar-refractivity contribution < 1.29 is 4.74 Å². The molecule has 4 N–H and O–H groups in total. The zero-order chi connectivity index (χ0) is 10.1. The molecule has 5 heteroatoms. The summed E-state index contributed by atoms with van der Waals surface area (Å²) >= 11 is 6.70. The molecule has 1 rings (SSSR count). The molecule has 0 aromatic carbocycles. The van der Waals surface area contributed by atoms with E-state index < -0.39 is 5.66 Å². The molecule has 1 atom stereocenters. The average Bonchev–Trinajstić information content (AvgIpc) is 2.02. The van der Waals surface area contributed by atoms with Crippen molar-refractivity contribution in [3.8, 4) is 0 Å². The molecule has 0 spiro atoms. The van der Waals surface area contributed by atoms with Crippen LogP contribution in [0.3, 0.4) is 0 Å². The Bertz CT molecular complexity index is 261. The van der Waals surface area contributed by atoms with Crippen molar-refractivity contribution in [3.63, 3.8) is 0 Å². The summed E-state index contributed by atoms with van der Waals surface area (Å²) in [6, 6.07) is 0. The highest BCUT2D eigenvalue weighted by molar-refractivity contribution is 9.12. The lowest BCUT2D eigenvalue weighted by atomic mass is 10.0. The second-order valence-corrected chi connectivity index (χ2v) is 4.67. The molecule has 0 bridgehead atoms. The Morgan fingerprint density at radius 2 is 2.23 bits per heavy atom. The highest BCUT2D eigenvalue weighted by Gasteiger charge is 2.34. The van der Waals surface area contributed by atoms with E-state index in [1.807, 2.05) is 13.0 Å². The minimum atomic E-state index is -0.888. The molecular formula is C8H12Br2N2O. The number of allylic oxidation sites excluding steroid dienone is 1. The van der Waals surface area contributed by atoms with E-state index in [-0.39, 0.29) is 4.83 Å². The molecule has 3 nitrogen and oxygen atoms in total. The summed E-state index contributed by atoms with van der Waals surface area (Å²) in [4.78, 5) is -0.124. The van der Waals surface area contributed by atoms with Crippen molar-refractivity contribution in [2.24, 2.45) is 11.5 Å². The Labute approximate surface area is 94.4 Å². The molecule has 13 heavy (non-hydrogen) atoms. The lowest BCUT2D eigenvalue weighted by Crippen LogP contribution is -2.57. The van der Waals surface area contributed by atoms with Crippen LogP contribution in [0.4, 0.5) is 0 Å². The van der Waals surface area contributed by atoms with Gasteiger partial charge < -0.3 is 16.2 Å². The number of halogens is 2. The van der Waals surface area contributed by atoms with E-state index >= 15 is 0 Å². The number of alkyl halides is 1. The normalized spacial score (nSPS) is 26.4. The van der Waals surface area contributed by atoms with E-state index in [1.165, 1.54) is 0 Å². The Hall–Kier alpha value is 0.160. The number of hydrogen-bond acceptors (Lipinski definition) is 3. The van der Waals surface area contributed by atoms with Gasteiger partial charge in [-0.1, -0.05) is 31.9 Å². The quantitative estimate of drug-likeness (QED) is 0.601. The molecule has 1 unspecified atom stereocenters. The fourth-order valence-corrected chi connectivity index (χ4v) is 2.25. The van der Waals surface area contributed by atoms with Crippen LogP contribution in [0.5, 0.6) is 0 Å². The first-order valence-electron chi connectivity index (χ1n) is 3.92. The van der Waals surface area contributed by atoms with E-state index in [9.17, 15) is 0 Å². The number of rotatable bonds is 2. The van der Waals surface area contributed by atoms with Gasteiger partial charge in [-0.3, -0.25) is 0 Å². The first-order valence-corrected chi connectivity index (χ1v) is 5.63. The van der Waals surface area contributed by atoms with Crippen molar-refractivity contribution in [2.75, 3.05) is 6.61 Å². The lowest BCUT2D eigenvalue weighted by molar-refractivity contribution is 0.238. The van der Waals surface area contributed by atoms with Crippen LogP contribution in [0, 0.1) is 0 Å². The van der Waals surface area contributed by atoms with Crippen LogP contribution in [0.25, 0.3) is 0 Å². The number of nitrogens with two attached hydrogens (primary N) is 2. The minimum Gasteiger partial charge on any atom is -0.494 e. The maximum Gasteiger partial charge on any atom is 0.117 e. The third kappa shape index (κ3) is 2.34. The topological polar surface area (TPSA) is 61.3 Å². The maximum atomic E-state index is 5.84. The average molecular weight is 312 g/mol. The Kier molecular flexibility index (Phi) is 3.57. The molecule has 0 saturated carbocycles. The summed E-state index contributed by atoms with van der Waals surface area (Å²) in [6.45, 7) is 2.56. The van der Waals surface area contributed by atoms with Crippen LogP contribution in [-0.2, 0) is 4.74 Å². The molecule has 74 valence electrons. The van der Waals surface area contributed by atoms with E-state index in [4.69, 9.17) is 16.2 Å². The van der Waals surface area contributed by atoms with Crippen molar-refractivity contribution in [2.45, 2.75) is 17.4 Å². The summed E-state index contributed by atoms with van der Waals surface area (Å²) in [5.74, 6) is 0.780. The van der Waals surface area contributed by atoms with Crippen molar-refractivity contribution >= 4 is 31.9 Å². The highest BCUT2D eigenvalue weighted by atomic mass is 79.9. The van der Waals surface area contributed by atoms with Crippen LogP contribution in [0.1, 0.15) is 6.92 Å². The van der Waals surface area contributed by atoms with Crippen molar-refractivity contribution in [1.29, 1.82) is 0 Å². The molecule has 0 radical (unpaired) electrons. The molecule has 1 aliphatic carbocycles. The Morgan fingerprint density at radius 1 is 1.62 bits per heavy atom. The zero-order valence-corrected chi connectivity index (χ0v) is 10.4. The summed E-state index contributed by atoms with van der Waals surface area (Å²) < 4.78 is 6.06. The monoisotopic (exact) mass is 310 g/mol. The van der Waals surface area contributed by atoms with Gasteiger partial charge in [0.1, 0.15) is 11.4 Å². The number of ether oxygens (including phenoxy) is 1. The van der Waals surface area contributed by atoms with Gasteiger partial charge in [-0.15, -0.1) is 0 Å². The fourth-order valence-electron chi connectivity index (χ4n) is 0.968. The molecular weight excluding hydrogens is 300 g/mol. The lowest BCUT2D eigenvalue weighted by Gasteiger charge is -2.31. The molecule has 0 fully saturated rings. The molecule has 0 aromatic rings. The van der Waals surface area contributed by atoms with Crippen LogP contribution < -0.4 is 11.5 Å². The molecule has 0 aliphatic heterocycles. The number of hydrogen-bond donors (Lipinski definition) is 2. The molecule has 0 aromatic heterocycles. The highest BCUT2D eigenvalue weighted by Crippen LogP contribution is 2.31. The van der Waals surface area contributed by atoms with Crippen LogP contribution >= 0.6 is 31.9 Å². The predicted molar refractivity (Wildman–Crippen MR) is 60.5 cm³/mol. The van der Waals surface area contributed by atoms with Gasteiger partial charge in [0.05, 0.1) is 11.4 Å². The smallest absolute Gasteiger partial charge is 0.117 e. The fraction of sp³-hybridized carbons (Fsp3) is 0.500. The molecule has 0 amide bonds. The van der Waals surface area contributed by atoms with E-state index in [0.717, 1.165) is 10.2 Å². The summed E-state index contributed by atoms with van der Waals surface area (Å²) in [5.41, 5.74) is 10.8. The van der Waals surface area contributed by atoms with Crippen molar-refractivity contribution in [1.82, 2.24) is 0 Å². The maximum absolute atomic E-state index is 5.84. The first-order chi connectivity index (χ1) is 5.98. The Morgan fingerprint density at radius 3 is 2.69 bits per heavy atom. The summed E-state index contributed by atoms with van der Waals surface area (Å²) in [6.07, 6.45) is 3.65. The van der Waals surface area contributed by atoms with Gasteiger partial charge in [-0.25, -0.2) is 0 Å². The van der Waals surface area contributed by atoms with Crippen LogP contribution in [-0.4, -0.2) is 17.1 Å². The standard InChI is InChI=1S/C8H12Br2N2O/c1-2-13-5-3-6(9)8(11,12)7(10)4-5/h3-4,6H,2,11-12H2,1H3. The molecule has 0 saturated heterocycles. The first kappa shape index (κ1) is 11.2. The Balaban J connectivity index is 2.87. The van der Waals surface area contributed by atoms with Gasteiger partial charge in [-0.2, -0.15) is 0 Å². The van der Waals surface area contributed by atoms with Gasteiger partial charge in [0.15, 0.2) is 0 Å².